The van der Waals surface area contributed by atoms with E-state index in [1.165, 1.54) is 0 Å². The van der Waals surface area contributed by atoms with Crippen LogP contribution in [0, 0.1) is 6.92 Å². The van der Waals surface area contributed by atoms with Crippen LogP contribution >= 0.6 is 0 Å². The second-order valence-corrected chi connectivity index (χ2v) is 3.86. The van der Waals surface area contributed by atoms with Crippen molar-refractivity contribution in [3.63, 3.8) is 0 Å². The summed E-state index contributed by atoms with van der Waals surface area (Å²) in [6, 6.07) is 13.1. The van der Waals surface area contributed by atoms with Crippen LogP contribution in [-0.2, 0) is 0 Å². The monoisotopic (exact) mass is 229 g/mol. The molecule has 2 rings (SSSR count). The Kier molecular flexibility index (Phi) is 3.19. The average molecular weight is 229 g/mol. The Bertz CT molecular complexity index is 486. The minimum atomic E-state index is 0.702. The van der Waals surface area contributed by atoms with E-state index in [2.05, 4.69) is 0 Å². The Morgan fingerprint density at radius 3 is 2.12 bits per heavy atom. The summed E-state index contributed by atoms with van der Waals surface area (Å²) in [5.41, 5.74) is 7.54. The fourth-order valence-corrected chi connectivity index (χ4v) is 1.62. The third-order valence-electron chi connectivity index (χ3n) is 2.37. The van der Waals surface area contributed by atoms with Crippen molar-refractivity contribution >= 4 is 5.69 Å². The first-order chi connectivity index (χ1) is 8.17. The molecule has 0 saturated heterocycles. The van der Waals surface area contributed by atoms with E-state index in [0.29, 0.717) is 5.69 Å². The van der Waals surface area contributed by atoms with Gasteiger partial charge in [0, 0.05) is 11.8 Å². The van der Waals surface area contributed by atoms with Crippen molar-refractivity contribution in [1.29, 1.82) is 0 Å². The van der Waals surface area contributed by atoms with Crippen LogP contribution in [0.2, 0.25) is 0 Å². The average Bonchev–Trinajstić information content (AvgIpc) is 2.28. The van der Waals surface area contributed by atoms with Gasteiger partial charge in [-0.15, -0.1) is 0 Å². The van der Waals surface area contributed by atoms with Crippen molar-refractivity contribution < 1.29 is 9.47 Å². The predicted molar refractivity (Wildman–Crippen MR) is 68.7 cm³/mol. The van der Waals surface area contributed by atoms with Crippen molar-refractivity contribution in [1.82, 2.24) is 0 Å². The fourth-order valence-electron chi connectivity index (χ4n) is 1.62. The Hall–Kier alpha value is -2.16. The zero-order chi connectivity index (χ0) is 12.3. The molecule has 2 N–H and O–H groups in total. The van der Waals surface area contributed by atoms with E-state index in [0.717, 1.165) is 22.8 Å². The number of rotatable bonds is 3. The zero-order valence-electron chi connectivity index (χ0n) is 9.94. The third kappa shape index (κ3) is 2.91. The molecule has 0 atom stereocenters. The first-order valence-electron chi connectivity index (χ1n) is 5.36. The maximum absolute atomic E-state index is 5.76. The second-order valence-electron chi connectivity index (χ2n) is 3.86. The van der Waals surface area contributed by atoms with E-state index in [1.807, 2.05) is 43.3 Å². The number of anilines is 1. The summed E-state index contributed by atoms with van der Waals surface area (Å²) >= 11 is 0. The number of nitrogen functional groups attached to an aromatic ring is 1. The van der Waals surface area contributed by atoms with Crippen LogP contribution in [0.4, 0.5) is 5.69 Å². The molecule has 2 aromatic rings. The van der Waals surface area contributed by atoms with Crippen LogP contribution < -0.4 is 15.2 Å². The highest BCUT2D eigenvalue weighted by Crippen LogP contribution is 2.26. The largest absolute Gasteiger partial charge is 0.497 e. The zero-order valence-corrected chi connectivity index (χ0v) is 9.94. The topological polar surface area (TPSA) is 44.5 Å². The minimum Gasteiger partial charge on any atom is -0.497 e. The van der Waals surface area contributed by atoms with Crippen LogP contribution in [0.15, 0.2) is 42.5 Å². The maximum Gasteiger partial charge on any atom is 0.129 e. The lowest BCUT2D eigenvalue weighted by atomic mass is 10.2. The standard InChI is InChI=1S/C14H15NO2/c1-10-7-11(15)9-14(8-10)17-13-5-3-12(16-2)4-6-13/h3-9H,15H2,1-2H3. The highest BCUT2D eigenvalue weighted by atomic mass is 16.5. The molecular weight excluding hydrogens is 214 g/mol. The maximum atomic E-state index is 5.76. The summed E-state index contributed by atoms with van der Waals surface area (Å²) in [6.07, 6.45) is 0. The van der Waals surface area contributed by atoms with Gasteiger partial charge < -0.3 is 15.2 Å². The summed E-state index contributed by atoms with van der Waals surface area (Å²) in [5.74, 6) is 2.31. The molecule has 88 valence electrons. The molecule has 0 saturated carbocycles. The number of hydrogen-bond donors (Lipinski definition) is 1. The molecule has 0 aromatic heterocycles. The summed E-state index contributed by atoms with van der Waals surface area (Å²) in [5, 5.41) is 0. The van der Waals surface area contributed by atoms with Crippen molar-refractivity contribution in [3.05, 3.63) is 48.0 Å². The summed E-state index contributed by atoms with van der Waals surface area (Å²) in [7, 11) is 1.64. The van der Waals surface area contributed by atoms with Crippen molar-refractivity contribution in [2.24, 2.45) is 0 Å². The van der Waals surface area contributed by atoms with Crippen LogP contribution in [0.1, 0.15) is 5.56 Å². The molecule has 0 aliphatic rings. The second kappa shape index (κ2) is 4.78. The molecule has 0 spiro atoms. The van der Waals surface area contributed by atoms with Gasteiger partial charge in [0.1, 0.15) is 17.2 Å². The lowest BCUT2D eigenvalue weighted by Crippen LogP contribution is -1.90. The molecule has 17 heavy (non-hydrogen) atoms. The summed E-state index contributed by atoms with van der Waals surface area (Å²) < 4.78 is 10.8. The molecule has 0 heterocycles. The minimum absolute atomic E-state index is 0.702. The van der Waals surface area contributed by atoms with Gasteiger partial charge >= 0.3 is 0 Å². The molecular formula is C14H15NO2. The smallest absolute Gasteiger partial charge is 0.129 e. The van der Waals surface area contributed by atoms with Gasteiger partial charge in [-0.1, -0.05) is 0 Å². The molecule has 3 nitrogen and oxygen atoms in total. The highest BCUT2D eigenvalue weighted by Gasteiger charge is 2.00. The molecule has 0 bridgehead atoms. The van der Waals surface area contributed by atoms with Crippen molar-refractivity contribution in [2.75, 3.05) is 12.8 Å². The summed E-state index contributed by atoms with van der Waals surface area (Å²) in [4.78, 5) is 0. The Morgan fingerprint density at radius 1 is 0.882 bits per heavy atom. The molecule has 0 unspecified atom stereocenters. The molecule has 0 fully saturated rings. The fraction of sp³-hybridized carbons (Fsp3) is 0.143. The molecule has 3 heteroatoms. The number of nitrogens with two attached hydrogens (primary N) is 1. The quantitative estimate of drug-likeness (QED) is 0.820. The Balaban J connectivity index is 2.19. The summed E-state index contributed by atoms with van der Waals surface area (Å²) in [6.45, 7) is 1.98. The van der Waals surface area contributed by atoms with Crippen LogP contribution in [-0.4, -0.2) is 7.11 Å². The lowest BCUT2D eigenvalue weighted by Gasteiger charge is -2.08. The van der Waals surface area contributed by atoms with E-state index in [1.54, 1.807) is 13.2 Å². The first kappa shape index (κ1) is 11.3. The molecule has 0 aliphatic carbocycles. The lowest BCUT2D eigenvalue weighted by molar-refractivity contribution is 0.413. The van der Waals surface area contributed by atoms with Gasteiger partial charge in [-0.25, -0.2) is 0 Å². The predicted octanol–water partition coefficient (Wildman–Crippen LogP) is 3.38. The van der Waals surface area contributed by atoms with E-state index >= 15 is 0 Å². The van der Waals surface area contributed by atoms with Gasteiger partial charge in [0.2, 0.25) is 0 Å². The van der Waals surface area contributed by atoms with Gasteiger partial charge in [-0.05, 0) is 48.9 Å². The molecule has 0 amide bonds. The van der Waals surface area contributed by atoms with Gasteiger partial charge in [0.05, 0.1) is 7.11 Å². The number of benzene rings is 2. The number of methoxy groups -OCH3 is 1. The normalized spacial score (nSPS) is 10.0. The molecule has 0 aliphatic heterocycles. The van der Waals surface area contributed by atoms with E-state index < -0.39 is 0 Å². The van der Waals surface area contributed by atoms with Crippen molar-refractivity contribution in [3.8, 4) is 17.2 Å². The third-order valence-corrected chi connectivity index (χ3v) is 2.37. The number of aryl methyl sites for hydroxylation is 1. The van der Waals surface area contributed by atoms with Crippen LogP contribution in [0.5, 0.6) is 17.2 Å². The first-order valence-corrected chi connectivity index (χ1v) is 5.36. The Labute approximate surface area is 101 Å². The highest BCUT2D eigenvalue weighted by molar-refractivity contribution is 5.48. The van der Waals surface area contributed by atoms with E-state index in [4.69, 9.17) is 15.2 Å². The molecule has 2 aromatic carbocycles. The van der Waals surface area contributed by atoms with Gasteiger partial charge in [-0.2, -0.15) is 0 Å². The van der Waals surface area contributed by atoms with Gasteiger partial charge in [0.15, 0.2) is 0 Å². The number of hydrogen-bond acceptors (Lipinski definition) is 3. The van der Waals surface area contributed by atoms with Gasteiger partial charge in [-0.3, -0.25) is 0 Å². The number of ether oxygens (including phenoxy) is 2. The van der Waals surface area contributed by atoms with E-state index in [-0.39, 0.29) is 0 Å². The van der Waals surface area contributed by atoms with Crippen LogP contribution in [0.3, 0.4) is 0 Å². The SMILES string of the molecule is COc1ccc(Oc2cc(C)cc(N)c2)cc1. The Morgan fingerprint density at radius 2 is 1.53 bits per heavy atom. The van der Waals surface area contributed by atoms with Gasteiger partial charge in [0.25, 0.3) is 0 Å². The van der Waals surface area contributed by atoms with E-state index in [9.17, 15) is 0 Å². The van der Waals surface area contributed by atoms with Crippen molar-refractivity contribution in [2.45, 2.75) is 6.92 Å². The molecule has 0 radical (unpaired) electrons. The van der Waals surface area contributed by atoms with Crippen LogP contribution in [0.25, 0.3) is 0 Å².